The minimum absolute atomic E-state index is 0. The van der Waals surface area contributed by atoms with E-state index in [1.54, 1.807) is 27.7 Å². The average molecular weight is 953 g/mol. The number of aromatic hydroxyl groups is 2. The number of benzene rings is 3. The fraction of sp³-hybridized carbons (Fsp3) is 0.475. The number of alkyl carbamates (subject to hydrolysis) is 1. The van der Waals surface area contributed by atoms with Gasteiger partial charge in [0.15, 0.2) is 23.0 Å². The Bertz CT molecular complexity index is 2000. The largest absolute Gasteiger partial charge is 0.507 e. The van der Waals surface area contributed by atoms with Crippen molar-refractivity contribution >= 4 is 12.0 Å². The zero-order valence-corrected chi connectivity index (χ0v) is 36.5. The first kappa shape index (κ1) is 39.9. The number of ether oxygens (including phenoxy) is 4. The van der Waals surface area contributed by atoms with E-state index in [0.717, 1.165) is 22.3 Å². The first-order valence-corrected chi connectivity index (χ1v) is 18.0. The maximum absolute atomic E-state index is 14.2. The van der Waals surface area contributed by atoms with Crippen LogP contribution in [0.15, 0.2) is 36.4 Å². The fourth-order valence-corrected chi connectivity index (χ4v) is 8.87. The SMILES string of the molecule is COc1c(C)cc2c(c1O)[C@@H]1C3Cc4c(O)c(C)c5c(c4[C@H](CNC(=O)[C@H](Cc4ccccc4)NC(=O)OC(C)(C)C)N3[C@@H](C#N)[C@H](C2)N1C)OCO5.[Ac]. The molecule has 0 saturated carbocycles. The van der Waals surface area contributed by atoms with Gasteiger partial charge in [-0.25, -0.2) is 4.79 Å². The third-order valence-electron chi connectivity index (χ3n) is 11.1. The number of phenols is 2. The second-order valence-electron chi connectivity index (χ2n) is 15.4. The number of carbonyl (C=O) groups is 2. The van der Waals surface area contributed by atoms with Crippen molar-refractivity contribution in [2.75, 3.05) is 27.5 Å². The summed E-state index contributed by atoms with van der Waals surface area (Å²) >= 11 is 0. The Labute approximate surface area is 351 Å². The molecule has 4 N–H and O–H groups in total. The fourth-order valence-electron chi connectivity index (χ4n) is 8.87. The summed E-state index contributed by atoms with van der Waals surface area (Å²) in [5.41, 5.74) is 4.37. The van der Waals surface area contributed by atoms with E-state index in [0.29, 0.717) is 46.8 Å². The molecular formula is C40H47AcN5O8. The van der Waals surface area contributed by atoms with E-state index in [9.17, 15) is 25.1 Å². The number of hydrogen-bond donors (Lipinski definition) is 4. The number of nitriles is 1. The molecule has 3 aromatic carbocycles. The van der Waals surface area contributed by atoms with E-state index in [-0.39, 0.29) is 87.4 Å². The van der Waals surface area contributed by atoms with Gasteiger partial charge < -0.3 is 39.8 Å². The smallest absolute Gasteiger partial charge is 0.408 e. The number of hydrogen-bond acceptors (Lipinski definition) is 11. The number of nitrogens with zero attached hydrogens (tertiary/aromatic N) is 3. The maximum atomic E-state index is 14.2. The predicted molar refractivity (Wildman–Crippen MR) is 194 cm³/mol. The third-order valence-corrected chi connectivity index (χ3v) is 11.1. The standard InChI is InChI=1S/C40H47N5O8.Ac/c1-20-13-23-15-26-28(17-41)45-27(32(44(26)6)30(23)34(47)35(20)50-7)16-24-31(37-36(51-19-52-37)21(2)33(24)46)29(45)18-42-38(48)25(14-22-11-9-8-10-12-22)43-39(49)53-40(3,4)5;/h8-13,25-29,32,46-47H,14-16,18-19H2,1-7H3,(H,42,48)(H,43,49);/t25-,26-,27?,28-,29-,32-;/m0./s1. The van der Waals surface area contributed by atoms with Crippen LogP contribution in [-0.4, -0.2) is 89.3 Å². The second kappa shape index (κ2) is 15.4. The normalized spacial score (nSPS) is 23.0. The van der Waals surface area contributed by atoms with Gasteiger partial charge in [0.05, 0.1) is 25.3 Å². The number of methoxy groups -OCH3 is 1. The van der Waals surface area contributed by atoms with Crippen LogP contribution in [0.3, 0.4) is 0 Å². The summed E-state index contributed by atoms with van der Waals surface area (Å²) in [6.07, 6.45) is 0.318. The first-order chi connectivity index (χ1) is 25.2. The van der Waals surface area contributed by atoms with Gasteiger partial charge in [0.2, 0.25) is 12.7 Å². The molecule has 4 aliphatic heterocycles. The van der Waals surface area contributed by atoms with Gasteiger partial charge in [-0.2, -0.15) is 5.26 Å². The summed E-state index contributed by atoms with van der Waals surface area (Å²) in [7, 11) is 3.50. The van der Waals surface area contributed by atoms with Gasteiger partial charge in [0.25, 0.3) is 0 Å². The molecule has 6 atom stereocenters. The van der Waals surface area contributed by atoms with Crippen LogP contribution in [0.4, 0.5) is 4.79 Å². The number of likely N-dealkylation sites (N-methyl/N-ethyl adjacent to an activating group) is 1. The topological polar surface area (TPSA) is 166 Å². The first-order valence-electron chi connectivity index (χ1n) is 18.0. The Morgan fingerprint density at radius 1 is 1.06 bits per heavy atom. The van der Waals surface area contributed by atoms with Crippen LogP contribution in [-0.2, 0) is 28.8 Å². The molecule has 7 rings (SSSR count). The molecule has 1 saturated heterocycles. The summed E-state index contributed by atoms with van der Waals surface area (Å²) in [6, 6.07) is 10.7. The monoisotopic (exact) mass is 952 g/mol. The summed E-state index contributed by atoms with van der Waals surface area (Å²) in [5.74, 6) is 0.978. The van der Waals surface area contributed by atoms with E-state index in [2.05, 4.69) is 26.5 Å². The Kier molecular flexibility index (Phi) is 11.4. The number of rotatable bonds is 7. The quantitative estimate of drug-likeness (QED) is 0.264. The van der Waals surface area contributed by atoms with E-state index >= 15 is 0 Å². The van der Waals surface area contributed by atoms with Crippen LogP contribution in [0, 0.1) is 69.2 Å². The third kappa shape index (κ3) is 6.98. The van der Waals surface area contributed by atoms with Crippen LogP contribution >= 0.6 is 0 Å². The number of fused-ring (bicyclic) bond motifs is 9. The van der Waals surface area contributed by atoms with Gasteiger partial charge in [-0.05, 0) is 71.2 Å². The molecule has 1 fully saturated rings. The molecule has 3 aromatic rings. The Hall–Kier alpha value is -3.75. The molecule has 283 valence electrons. The summed E-state index contributed by atoms with van der Waals surface area (Å²) in [5, 5.41) is 40.3. The zero-order valence-electron chi connectivity index (χ0n) is 31.7. The molecule has 4 heterocycles. The van der Waals surface area contributed by atoms with E-state index < -0.39 is 41.8 Å². The molecule has 13 nitrogen and oxygen atoms in total. The molecule has 0 aromatic heterocycles. The van der Waals surface area contributed by atoms with Crippen molar-refractivity contribution in [2.45, 2.75) is 95.7 Å². The number of phenolic OH excluding ortho intramolecular Hbond substituents is 2. The number of aryl methyl sites for hydroxylation is 1. The van der Waals surface area contributed by atoms with Crippen LogP contribution < -0.4 is 24.8 Å². The van der Waals surface area contributed by atoms with Crippen LogP contribution in [0.25, 0.3) is 0 Å². The van der Waals surface area contributed by atoms with Crippen LogP contribution in [0.5, 0.6) is 28.7 Å². The van der Waals surface area contributed by atoms with Gasteiger partial charge in [-0.3, -0.25) is 14.6 Å². The maximum Gasteiger partial charge on any atom is 0.408 e. The van der Waals surface area contributed by atoms with Crippen molar-refractivity contribution in [3.05, 3.63) is 75.3 Å². The molecule has 0 spiro atoms. The van der Waals surface area contributed by atoms with E-state index in [1.165, 1.54) is 7.11 Å². The van der Waals surface area contributed by atoms with Crippen molar-refractivity contribution in [3.63, 3.8) is 0 Å². The number of carbonyl (C=O) groups excluding carboxylic acids is 2. The number of piperazine rings is 1. The van der Waals surface area contributed by atoms with E-state index in [1.807, 2.05) is 50.4 Å². The number of nitrogens with one attached hydrogen (secondary N) is 2. The predicted octanol–water partition coefficient (Wildman–Crippen LogP) is 4.48. The Balaban J connectivity index is 0.00000497. The van der Waals surface area contributed by atoms with Crippen molar-refractivity contribution in [2.24, 2.45) is 0 Å². The number of amides is 2. The van der Waals surface area contributed by atoms with Gasteiger partial charge >= 0.3 is 6.09 Å². The molecule has 1 radical (unpaired) electrons. The minimum atomic E-state index is -0.985. The molecule has 54 heavy (non-hydrogen) atoms. The summed E-state index contributed by atoms with van der Waals surface area (Å²) in [6.45, 7) is 8.90. The van der Waals surface area contributed by atoms with E-state index in [4.69, 9.17) is 18.9 Å². The molecule has 14 heteroatoms. The van der Waals surface area contributed by atoms with Crippen molar-refractivity contribution in [1.29, 1.82) is 5.26 Å². The molecule has 2 bridgehead atoms. The molecule has 4 aliphatic rings. The molecule has 2 amide bonds. The minimum Gasteiger partial charge on any atom is -0.507 e. The second-order valence-corrected chi connectivity index (χ2v) is 15.4. The molecule has 0 aliphatic carbocycles. The summed E-state index contributed by atoms with van der Waals surface area (Å²) < 4.78 is 23.1. The van der Waals surface area contributed by atoms with Crippen molar-refractivity contribution in [1.82, 2.24) is 20.4 Å². The van der Waals surface area contributed by atoms with Gasteiger partial charge in [-0.1, -0.05) is 36.4 Å². The average Bonchev–Trinajstić information content (AvgIpc) is 3.59. The van der Waals surface area contributed by atoms with Crippen molar-refractivity contribution in [3.8, 4) is 34.8 Å². The molecule has 1 unspecified atom stereocenters. The van der Waals surface area contributed by atoms with Gasteiger partial charge in [-0.15, -0.1) is 0 Å². The van der Waals surface area contributed by atoms with Gasteiger partial charge in [0, 0.05) is 91.4 Å². The van der Waals surface area contributed by atoms with Crippen LogP contribution in [0.2, 0.25) is 0 Å². The molecular weight excluding hydrogens is 905 g/mol. The Morgan fingerprint density at radius 2 is 1.76 bits per heavy atom. The van der Waals surface area contributed by atoms with Gasteiger partial charge in [0.1, 0.15) is 23.4 Å². The zero-order chi connectivity index (χ0) is 37.9. The Morgan fingerprint density at radius 3 is 2.43 bits per heavy atom. The summed E-state index contributed by atoms with van der Waals surface area (Å²) in [4.78, 5) is 31.5. The van der Waals surface area contributed by atoms with Crippen LogP contribution in [0.1, 0.15) is 71.8 Å². The van der Waals surface area contributed by atoms with Crippen molar-refractivity contribution < 1.29 is 82.8 Å².